The predicted octanol–water partition coefficient (Wildman–Crippen LogP) is 2.79. The Hall–Kier alpha value is -2.14. The van der Waals surface area contributed by atoms with Crippen LogP contribution in [-0.4, -0.2) is 25.3 Å². The molecule has 1 unspecified atom stereocenters. The van der Waals surface area contributed by atoms with Crippen LogP contribution in [0.25, 0.3) is 11.0 Å². The smallest absolute Gasteiger partial charge is 0.374 e. The van der Waals surface area contributed by atoms with Crippen molar-refractivity contribution in [3.63, 3.8) is 0 Å². The Balaban J connectivity index is 1.94. The second-order valence-corrected chi connectivity index (χ2v) is 6.43. The third-order valence-electron chi connectivity index (χ3n) is 4.76. The summed E-state index contributed by atoms with van der Waals surface area (Å²) in [5, 5.41) is 0.555. The number of carbonyl (C=O) groups is 1. The minimum Gasteiger partial charge on any atom is -0.460 e. The Kier molecular flexibility index (Phi) is 3.88. The maximum Gasteiger partial charge on any atom is 0.374 e. The van der Waals surface area contributed by atoms with Gasteiger partial charge in [0.25, 0.3) is 0 Å². The highest BCUT2D eigenvalue weighted by Gasteiger charge is 2.28. The van der Waals surface area contributed by atoms with Gasteiger partial charge in [0.15, 0.2) is 5.43 Å². The van der Waals surface area contributed by atoms with E-state index in [0.717, 1.165) is 44.3 Å². The van der Waals surface area contributed by atoms with Crippen LogP contribution in [0.2, 0.25) is 0 Å². The number of fused-ring (bicyclic) bond motifs is 2. The van der Waals surface area contributed by atoms with Crippen LogP contribution in [0.4, 0.5) is 0 Å². The highest BCUT2D eigenvalue weighted by molar-refractivity contribution is 5.90. The van der Waals surface area contributed by atoms with Gasteiger partial charge >= 0.3 is 5.97 Å². The summed E-state index contributed by atoms with van der Waals surface area (Å²) in [6, 6.07) is 3.19. The zero-order valence-corrected chi connectivity index (χ0v) is 13.7. The van der Waals surface area contributed by atoms with Crippen molar-refractivity contribution in [3.05, 3.63) is 44.8 Å². The van der Waals surface area contributed by atoms with Crippen molar-refractivity contribution in [2.24, 2.45) is 0 Å². The normalized spacial score (nSPS) is 19.1. The Morgan fingerprint density at radius 1 is 1.29 bits per heavy atom. The molecule has 0 saturated carbocycles. The van der Waals surface area contributed by atoms with E-state index in [0.29, 0.717) is 11.0 Å². The van der Waals surface area contributed by atoms with E-state index in [9.17, 15) is 9.59 Å². The van der Waals surface area contributed by atoms with Crippen molar-refractivity contribution in [1.29, 1.82) is 0 Å². The van der Waals surface area contributed by atoms with E-state index in [4.69, 9.17) is 13.9 Å². The van der Waals surface area contributed by atoms with Crippen LogP contribution in [-0.2, 0) is 28.7 Å². The monoisotopic (exact) mass is 328 g/mol. The molecular formula is C19H20O5. The van der Waals surface area contributed by atoms with Gasteiger partial charge in [-0.3, -0.25) is 4.79 Å². The third kappa shape index (κ3) is 2.73. The molecule has 2 aromatic rings. The lowest BCUT2D eigenvalue weighted by Gasteiger charge is -2.20. The Bertz CT molecular complexity index is 860. The lowest BCUT2D eigenvalue weighted by Crippen LogP contribution is -2.14. The molecule has 126 valence electrons. The maximum atomic E-state index is 12.5. The fraction of sp³-hybridized carbons (Fsp3) is 0.474. The van der Waals surface area contributed by atoms with Gasteiger partial charge in [0.05, 0.1) is 24.7 Å². The maximum absolute atomic E-state index is 12.5. The number of hydrogen-bond donors (Lipinski definition) is 0. The molecule has 0 bridgehead atoms. The zero-order valence-electron chi connectivity index (χ0n) is 13.7. The van der Waals surface area contributed by atoms with E-state index in [1.165, 1.54) is 17.2 Å². The van der Waals surface area contributed by atoms with Gasteiger partial charge in [-0.25, -0.2) is 4.79 Å². The fourth-order valence-electron chi connectivity index (χ4n) is 3.54. The fourth-order valence-corrected chi connectivity index (χ4v) is 3.54. The first-order chi connectivity index (χ1) is 11.7. The molecule has 2 heterocycles. The molecule has 1 atom stereocenters. The summed E-state index contributed by atoms with van der Waals surface area (Å²) < 4.78 is 16.2. The lowest BCUT2D eigenvalue weighted by molar-refractivity contribution is 0.0490. The highest BCUT2D eigenvalue weighted by Crippen LogP contribution is 2.33. The van der Waals surface area contributed by atoms with Gasteiger partial charge in [0, 0.05) is 18.1 Å². The van der Waals surface area contributed by atoms with E-state index < -0.39 is 5.97 Å². The molecule has 1 aromatic heterocycles. The van der Waals surface area contributed by atoms with Crippen molar-refractivity contribution in [3.8, 4) is 0 Å². The summed E-state index contributed by atoms with van der Waals surface area (Å²) in [6.45, 7) is 2.71. The summed E-state index contributed by atoms with van der Waals surface area (Å²) in [6.07, 6.45) is 5.18. The first kappa shape index (κ1) is 15.4. The van der Waals surface area contributed by atoms with Crippen molar-refractivity contribution in [2.75, 3.05) is 13.2 Å². The number of esters is 1. The van der Waals surface area contributed by atoms with Crippen molar-refractivity contribution in [1.82, 2.24) is 0 Å². The molecule has 5 heteroatoms. The second kappa shape index (κ2) is 6.06. The van der Waals surface area contributed by atoms with E-state index in [2.05, 4.69) is 0 Å². The van der Waals surface area contributed by atoms with Crippen LogP contribution >= 0.6 is 0 Å². The molecule has 0 radical (unpaired) electrons. The Morgan fingerprint density at radius 2 is 2.08 bits per heavy atom. The van der Waals surface area contributed by atoms with E-state index >= 15 is 0 Å². The summed E-state index contributed by atoms with van der Waals surface area (Å²) >= 11 is 0. The molecule has 0 spiro atoms. The SMILES string of the molecule is CCOC(=O)c1cc(=O)c2cc3c(c(CC4CO4)c2o1)CCCC3. The van der Waals surface area contributed by atoms with Gasteiger partial charge < -0.3 is 13.9 Å². The number of rotatable bonds is 4. The standard InChI is InChI=1S/C19H20O5/c1-2-22-19(21)17-9-16(20)15-7-11-5-3-4-6-13(11)14(18(15)24-17)8-12-10-23-12/h7,9,12H,2-6,8,10H2,1H3. The third-order valence-corrected chi connectivity index (χ3v) is 4.76. The molecular weight excluding hydrogens is 308 g/mol. The average Bonchev–Trinajstić information content (AvgIpc) is 3.39. The minimum atomic E-state index is -0.595. The first-order valence-electron chi connectivity index (χ1n) is 8.57. The van der Waals surface area contributed by atoms with Crippen molar-refractivity contribution >= 4 is 16.9 Å². The molecule has 0 amide bonds. The van der Waals surface area contributed by atoms with Crippen LogP contribution in [0, 0.1) is 0 Å². The van der Waals surface area contributed by atoms with E-state index in [1.807, 2.05) is 6.07 Å². The summed E-state index contributed by atoms with van der Waals surface area (Å²) in [7, 11) is 0. The lowest BCUT2D eigenvalue weighted by atomic mass is 9.85. The predicted molar refractivity (Wildman–Crippen MR) is 88.5 cm³/mol. The van der Waals surface area contributed by atoms with Gasteiger partial charge in [0.2, 0.25) is 5.76 Å². The summed E-state index contributed by atoms with van der Waals surface area (Å²) in [4.78, 5) is 24.5. The van der Waals surface area contributed by atoms with Gasteiger partial charge in [-0.05, 0) is 49.8 Å². The summed E-state index contributed by atoms with van der Waals surface area (Å²) in [5.41, 5.74) is 3.88. The molecule has 1 aromatic carbocycles. The molecule has 2 aliphatic rings. The van der Waals surface area contributed by atoms with Crippen LogP contribution in [0.1, 0.15) is 47.0 Å². The van der Waals surface area contributed by atoms with Crippen molar-refractivity contribution < 1.29 is 18.7 Å². The Labute approximate surface area is 139 Å². The van der Waals surface area contributed by atoms with Crippen LogP contribution < -0.4 is 5.43 Å². The molecule has 1 aliphatic heterocycles. The second-order valence-electron chi connectivity index (χ2n) is 6.43. The molecule has 0 N–H and O–H groups in total. The van der Waals surface area contributed by atoms with Crippen molar-refractivity contribution in [2.45, 2.75) is 45.1 Å². The highest BCUT2D eigenvalue weighted by atomic mass is 16.6. The molecule has 5 nitrogen and oxygen atoms in total. The quantitative estimate of drug-likeness (QED) is 0.637. The largest absolute Gasteiger partial charge is 0.460 e. The molecule has 1 saturated heterocycles. The van der Waals surface area contributed by atoms with Gasteiger partial charge in [-0.2, -0.15) is 0 Å². The molecule has 1 aliphatic carbocycles. The van der Waals surface area contributed by atoms with Gasteiger partial charge in [-0.1, -0.05) is 0 Å². The average molecular weight is 328 g/mol. The molecule has 1 fully saturated rings. The topological polar surface area (TPSA) is 69.0 Å². The van der Waals surface area contributed by atoms with Gasteiger partial charge in [0.1, 0.15) is 5.58 Å². The zero-order chi connectivity index (χ0) is 16.7. The number of hydrogen-bond acceptors (Lipinski definition) is 5. The minimum absolute atomic E-state index is 0.0249. The molecule has 4 rings (SSSR count). The van der Waals surface area contributed by atoms with E-state index in [1.54, 1.807) is 6.92 Å². The first-order valence-corrected chi connectivity index (χ1v) is 8.57. The van der Waals surface area contributed by atoms with Crippen LogP contribution in [0.15, 0.2) is 21.3 Å². The number of aryl methyl sites for hydroxylation is 1. The van der Waals surface area contributed by atoms with Gasteiger partial charge in [-0.15, -0.1) is 0 Å². The number of ether oxygens (including phenoxy) is 2. The Morgan fingerprint density at radius 3 is 2.83 bits per heavy atom. The number of carbonyl (C=O) groups excluding carboxylic acids is 1. The summed E-state index contributed by atoms with van der Waals surface area (Å²) in [5.74, 6) is -0.620. The van der Waals surface area contributed by atoms with E-state index in [-0.39, 0.29) is 23.9 Å². The van der Waals surface area contributed by atoms with Crippen LogP contribution in [0.3, 0.4) is 0 Å². The number of epoxide rings is 1. The number of benzene rings is 1. The van der Waals surface area contributed by atoms with Crippen LogP contribution in [0.5, 0.6) is 0 Å². The molecule has 24 heavy (non-hydrogen) atoms.